The van der Waals surface area contributed by atoms with E-state index < -0.39 is 24.6 Å². The molecule has 7 nitrogen and oxygen atoms in total. The maximum Gasteiger partial charge on any atom is 0.412 e. The quantitative estimate of drug-likeness (QED) is 0.194. The smallest absolute Gasteiger partial charge is 0.360 e. The van der Waals surface area contributed by atoms with Crippen LogP contribution in [0.5, 0.6) is 0 Å². The SMILES string of the molecule is CC(=O)C(=[N+]=[N-])C(=O)P(=O)(O)O. The summed E-state index contributed by atoms with van der Waals surface area (Å²) < 4.78 is 10.2. The molecule has 0 aromatic carbocycles. The summed E-state index contributed by atoms with van der Waals surface area (Å²) in [5, 5.41) is 0. The van der Waals surface area contributed by atoms with Crippen molar-refractivity contribution in [2.45, 2.75) is 6.92 Å². The van der Waals surface area contributed by atoms with E-state index in [9.17, 15) is 14.2 Å². The molecular weight excluding hydrogens is 187 g/mol. The molecule has 0 aliphatic carbocycles. The fraction of sp³-hybridized carbons (Fsp3) is 0.250. The van der Waals surface area contributed by atoms with Crippen LogP contribution in [0.2, 0.25) is 0 Å². The van der Waals surface area contributed by atoms with E-state index in [2.05, 4.69) is 4.79 Å². The largest absolute Gasteiger partial charge is 0.412 e. The van der Waals surface area contributed by atoms with Gasteiger partial charge in [-0.25, -0.2) is 0 Å². The first-order chi connectivity index (χ1) is 5.30. The van der Waals surface area contributed by atoms with E-state index in [0.717, 1.165) is 6.92 Å². The molecular formula is C4H5N2O5P. The molecule has 0 unspecified atom stereocenters. The lowest BCUT2D eigenvalue weighted by Crippen LogP contribution is -2.22. The molecule has 0 amide bonds. The first-order valence-corrected chi connectivity index (χ1v) is 4.25. The summed E-state index contributed by atoms with van der Waals surface area (Å²) in [5.74, 6) is -1.01. The van der Waals surface area contributed by atoms with Gasteiger partial charge < -0.3 is 15.3 Å². The number of hydrogen-bond acceptors (Lipinski definition) is 3. The number of carbonyl (C=O) groups is 2. The Balaban J connectivity index is 5.09. The molecule has 0 spiro atoms. The highest BCUT2D eigenvalue weighted by atomic mass is 31.2. The fourth-order valence-electron chi connectivity index (χ4n) is 0.402. The van der Waals surface area contributed by atoms with Crippen LogP contribution in [0.15, 0.2) is 0 Å². The van der Waals surface area contributed by atoms with Crippen molar-refractivity contribution in [1.29, 1.82) is 0 Å². The monoisotopic (exact) mass is 192 g/mol. The van der Waals surface area contributed by atoms with Crippen LogP contribution in [0.4, 0.5) is 0 Å². The minimum Gasteiger partial charge on any atom is -0.360 e. The fourth-order valence-corrected chi connectivity index (χ4v) is 0.880. The Morgan fingerprint density at radius 1 is 1.42 bits per heavy atom. The first-order valence-electron chi connectivity index (χ1n) is 2.64. The van der Waals surface area contributed by atoms with Crippen molar-refractivity contribution in [2.24, 2.45) is 0 Å². The molecule has 0 fully saturated rings. The predicted octanol–water partition coefficient (Wildman–Crippen LogP) is -1.05. The van der Waals surface area contributed by atoms with E-state index in [1.165, 1.54) is 0 Å². The Hall–Kier alpha value is -1.13. The van der Waals surface area contributed by atoms with E-state index in [0.29, 0.717) is 0 Å². The lowest BCUT2D eigenvalue weighted by molar-refractivity contribution is -0.120. The molecule has 0 aromatic heterocycles. The van der Waals surface area contributed by atoms with Crippen molar-refractivity contribution in [3.05, 3.63) is 5.53 Å². The molecule has 2 N–H and O–H groups in total. The predicted molar refractivity (Wildman–Crippen MR) is 36.4 cm³/mol. The lowest BCUT2D eigenvalue weighted by Gasteiger charge is -1.94. The van der Waals surface area contributed by atoms with Gasteiger partial charge in [-0.2, -0.15) is 4.79 Å². The van der Waals surface area contributed by atoms with E-state index in [4.69, 9.17) is 15.3 Å². The van der Waals surface area contributed by atoms with E-state index >= 15 is 0 Å². The summed E-state index contributed by atoms with van der Waals surface area (Å²) in [7, 11) is -5.03. The molecule has 0 radical (unpaired) electrons. The van der Waals surface area contributed by atoms with Crippen LogP contribution >= 0.6 is 7.60 Å². The Bertz CT molecular complexity index is 322. The van der Waals surface area contributed by atoms with Crippen LogP contribution in [0, 0.1) is 0 Å². The van der Waals surface area contributed by atoms with Crippen LogP contribution in [0.25, 0.3) is 5.53 Å². The topological polar surface area (TPSA) is 128 Å². The zero-order valence-electron chi connectivity index (χ0n) is 5.96. The summed E-state index contributed by atoms with van der Waals surface area (Å²) >= 11 is 0. The van der Waals surface area contributed by atoms with Gasteiger partial charge in [0.25, 0.3) is 0 Å². The Labute approximate surface area is 66.8 Å². The van der Waals surface area contributed by atoms with E-state index in [1.807, 2.05) is 0 Å². The molecule has 0 rings (SSSR count). The first kappa shape index (κ1) is 10.9. The van der Waals surface area contributed by atoms with Crippen LogP contribution in [-0.2, 0) is 14.2 Å². The van der Waals surface area contributed by atoms with E-state index in [1.54, 1.807) is 0 Å². The zero-order chi connectivity index (χ0) is 9.94. The van der Waals surface area contributed by atoms with Gasteiger partial charge in [0.15, 0.2) is 0 Å². The molecule has 0 aliphatic rings. The molecule has 0 bridgehead atoms. The maximum atomic E-state index is 10.6. The summed E-state index contributed by atoms with van der Waals surface area (Å²) in [6.45, 7) is 0.850. The van der Waals surface area contributed by atoms with Gasteiger partial charge in [0.2, 0.25) is 5.78 Å². The van der Waals surface area contributed by atoms with Crippen LogP contribution in [0.1, 0.15) is 6.92 Å². The van der Waals surface area contributed by atoms with Crippen LogP contribution in [-0.4, -0.2) is 31.6 Å². The van der Waals surface area contributed by atoms with Gasteiger partial charge in [0.05, 0.1) is 0 Å². The molecule has 0 atom stereocenters. The minimum atomic E-state index is -5.03. The summed E-state index contributed by atoms with van der Waals surface area (Å²) in [6, 6.07) is 0. The van der Waals surface area contributed by atoms with Gasteiger partial charge in [0, 0.05) is 6.92 Å². The average Bonchev–Trinajstić information content (AvgIpc) is 1.86. The van der Waals surface area contributed by atoms with Gasteiger partial charge in [-0.3, -0.25) is 14.2 Å². The third kappa shape index (κ3) is 2.48. The molecule has 12 heavy (non-hydrogen) atoms. The number of ketones is 1. The average molecular weight is 192 g/mol. The second-order valence-corrected chi connectivity index (χ2v) is 3.35. The van der Waals surface area contributed by atoms with E-state index in [-0.39, 0.29) is 0 Å². The van der Waals surface area contributed by atoms with Gasteiger partial charge >= 0.3 is 18.8 Å². The van der Waals surface area contributed by atoms with Crippen molar-refractivity contribution in [1.82, 2.24) is 0 Å². The van der Waals surface area contributed by atoms with Crippen LogP contribution in [0.3, 0.4) is 0 Å². The van der Waals surface area contributed by atoms with Gasteiger partial charge in [-0.05, 0) is 0 Å². The number of hydrogen-bond donors (Lipinski definition) is 2. The highest BCUT2D eigenvalue weighted by Gasteiger charge is 2.39. The number of Topliss-reactive ketones (excluding diaryl/α,β-unsaturated/α-hetero) is 1. The van der Waals surface area contributed by atoms with Crippen molar-refractivity contribution < 1.29 is 28.7 Å². The number of rotatable bonds is 3. The molecule has 0 aliphatic heterocycles. The van der Waals surface area contributed by atoms with Gasteiger partial charge in [-0.15, -0.1) is 0 Å². The number of carbonyl (C=O) groups excluding carboxylic acids is 2. The summed E-state index contributed by atoms with van der Waals surface area (Å²) in [6.07, 6.45) is 0. The molecule has 0 heterocycles. The zero-order valence-corrected chi connectivity index (χ0v) is 6.86. The summed E-state index contributed by atoms with van der Waals surface area (Å²) in [5.41, 5.74) is 5.10. The van der Waals surface area contributed by atoms with Gasteiger partial charge in [0.1, 0.15) is 0 Å². The minimum absolute atomic E-state index is 0.850. The third-order valence-electron chi connectivity index (χ3n) is 0.901. The number of nitrogens with zero attached hydrogens (tertiary/aromatic N) is 2. The molecule has 66 valence electrons. The lowest BCUT2D eigenvalue weighted by atomic mass is 10.3. The van der Waals surface area contributed by atoms with Crippen molar-refractivity contribution in [2.75, 3.05) is 0 Å². The van der Waals surface area contributed by atoms with Crippen molar-refractivity contribution >= 4 is 24.6 Å². The van der Waals surface area contributed by atoms with Crippen molar-refractivity contribution in [3.63, 3.8) is 0 Å². The Morgan fingerprint density at radius 2 is 1.83 bits per heavy atom. The van der Waals surface area contributed by atoms with Gasteiger partial charge in [-0.1, -0.05) is 0 Å². The Morgan fingerprint density at radius 3 is 1.92 bits per heavy atom. The summed E-state index contributed by atoms with van der Waals surface area (Å²) in [4.78, 5) is 39.7. The molecule has 0 aromatic rings. The third-order valence-corrected chi connectivity index (χ3v) is 1.64. The molecule has 8 heteroatoms. The van der Waals surface area contributed by atoms with Crippen LogP contribution < -0.4 is 0 Å². The second-order valence-electron chi connectivity index (χ2n) is 1.85. The Kier molecular flexibility index (Phi) is 3.18. The second kappa shape index (κ2) is 3.51. The molecule has 0 saturated carbocycles. The van der Waals surface area contributed by atoms with Crippen molar-refractivity contribution in [3.8, 4) is 0 Å². The highest BCUT2D eigenvalue weighted by Crippen LogP contribution is 2.35. The maximum absolute atomic E-state index is 10.6. The highest BCUT2D eigenvalue weighted by molar-refractivity contribution is 7.73. The normalized spacial score (nSPS) is 10.2. The standard InChI is InChI=1S/C4H5N2O5P/c1-2(7)3(6-5)4(8)12(9,10)11/h1H3,(H2,9,10,11). The molecule has 0 saturated heterocycles.